The van der Waals surface area contributed by atoms with Crippen molar-refractivity contribution in [1.82, 2.24) is 15.1 Å². The smallest absolute Gasteiger partial charge is 0.0249 e. The van der Waals surface area contributed by atoms with Crippen molar-refractivity contribution >= 4 is 0 Å². The van der Waals surface area contributed by atoms with Crippen LogP contribution in [-0.4, -0.2) is 62.7 Å². The molecule has 0 aliphatic heterocycles. The molecule has 0 aromatic rings. The van der Waals surface area contributed by atoms with Crippen LogP contribution in [0.4, 0.5) is 0 Å². The molecule has 1 aliphatic rings. The number of hydrogen-bond donors (Lipinski definition) is 1. The molecule has 0 heterocycles. The molecule has 120 valence electrons. The lowest BCUT2D eigenvalue weighted by Gasteiger charge is -2.42. The number of hydrogen-bond acceptors (Lipinski definition) is 3. The maximum atomic E-state index is 3.80. The molecular formula is C17H37N3. The number of rotatable bonds is 9. The predicted molar refractivity (Wildman–Crippen MR) is 89.3 cm³/mol. The van der Waals surface area contributed by atoms with Crippen LogP contribution in [0.3, 0.4) is 0 Å². The SMILES string of the molecule is CCCNC1CCC(CCC)CC1N(C)CCN(C)C. The highest BCUT2D eigenvalue weighted by atomic mass is 15.2. The summed E-state index contributed by atoms with van der Waals surface area (Å²) < 4.78 is 0. The maximum Gasteiger partial charge on any atom is 0.0249 e. The molecule has 1 aliphatic carbocycles. The third-order valence-electron chi connectivity index (χ3n) is 4.74. The molecule has 0 saturated heterocycles. The second-order valence-corrected chi connectivity index (χ2v) is 6.88. The van der Waals surface area contributed by atoms with E-state index in [2.05, 4.69) is 50.1 Å². The van der Waals surface area contributed by atoms with Crippen molar-refractivity contribution < 1.29 is 0 Å². The Bertz CT molecular complexity index is 242. The van der Waals surface area contributed by atoms with Gasteiger partial charge in [-0.2, -0.15) is 0 Å². The van der Waals surface area contributed by atoms with Gasteiger partial charge in [0, 0.05) is 25.2 Å². The summed E-state index contributed by atoms with van der Waals surface area (Å²) in [6.45, 7) is 8.10. The van der Waals surface area contributed by atoms with Crippen molar-refractivity contribution in [2.24, 2.45) is 5.92 Å². The van der Waals surface area contributed by atoms with Gasteiger partial charge < -0.3 is 15.1 Å². The average molecular weight is 284 g/mol. The molecule has 0 radical (unpaired) electrons. The van der Waals surface area contributed by atoms with E-state index >= 15 is 0 Å². The van der Waals surface area contributed by atoms with Crippen LogP contribution in [0.2, 0.25) is 0 Å². The lowest BCUT2D eigenvalue weighted by atomic mass is 9.79. The molecule has 0 spiro atoms. The highest BCUT2D eigenvalue weighted by molar-refractivity contribution is 4.90. The van der Waals surface area contributed by atoms with E-state index in [-0.39, 0.29) is 0 Å². The first kappa shape index (κ1) is 17.9. The topological polar surface area (TPSA) is 18.5 Å². The summed E-state index contributed by atoms with van der Waals surface area (Å²) in [6, 6.07) is 1.43. The van der Waals surface area contributed by atoms with Crippen LogP contribution in [-0.2, 0) is 0 Å². The lowest BCUT2D eigenvalue weighted by molar-refractivity contribution is 0.109. The Kier molecular flexibility index (Phi) is 8.74. The monoisotopic (exact) mass is 283 g/mol. The molecule has 3 unspecified atom stereocenters. The number of nitrogens with one attached hydrogen (secondary N) is 1. The fourth-order valence-corrected chi connectivity index (χ4v) is 3.48. The molecule has 1 N–H and O–H groups in total. The van der Waals surface area contributed by atoms with Crippen molar-refractivity contribution in [1.29, 1.82) is 0 Å². The van der Waals surface area contributed by atoms with E-state index in [0.29, 0.717) is 6.04 Å². The summed E-state index contributed by atoms with van der Waals surface area (Å²) in [5, 5.41) is 3.80. The molecule has 3 heteroatoms. The zero-order valence-electron chi connectivity index (χ0n) is 14.5. The van der Waals surface area contributed by atoms with E-state index in [1.165, 1.54) is 51.6 Å². The van der Waals surface area contributed by atoms with Gasteiger partial charge in [0.2, 0.25) is 0 Å². The van der Waals surface area contributed by atoms with Crippen molar-refractivity contribution in [2.75, 3.05) is 40.8 Å². The summed E-state index contributed by atoms with van der Waals surface area (Å²) in [7, 11) is 6.66. The normalized spacial score (nSPS) is 27.4. The molecule has 1 rings (SSSR count). The minimum atomic E-state index is 0.704. The summed E-state index contributed by atoms with van der Waals surface area (Å²) >= 11 is 0. The van der Waals surface area contributed by atoms with Gasteiger partial charge in [-0.15, -0.1) is 0 Å². The zero-order chi connectivity index (χ0) is 15.0. The van der Waals surface area contributed by atoms with E-state index in [0.717, 1.165) is 18.5 Å². The summed E-state index contributed by atoms with van der Waals surface area (Å²) in [5.74, 6) is 0.950. The van der Waals surface area contributed by atoms with Crippen molar-refractivity contribution in [2.45, 2.75) is 64.5 Å². The fourth-order valence-electron chi connectivity index (χ4n) is 3.48. The Balaban J connectivity index is 2.55. The first-order chi connectivity index (χ1) is 9.58. The Morgan fingerprint density at radius 3 is 2.35 bits per heavy atom. The van der Waals surface area contributed by atoms with Gasteiger partial charge in [0.15, 0.2) is 0 Å². The van der Waals surface area contributed by atoms with E-state index in [1.807, 2.05) is 0 Å². The molecule has 20 heavy (non-hydrogen) atoms. The van der Waals surface area contributed by atoms with Crippen LogP contribution in [0.25, 0.3) is 0 Å². The van der Waals surface area contributed by atoms with Gasteiger partial charge in [0.25, 0.3) is 0 Å². The van der Waals surface area contributed by atoms with Crippen LogP contribution in [0.15, 0.2) is 0 Å². The van der Waals surface area contributed by atoms with E-state index < -0.39 is 0 Å². The van der Waals surface area contributed by atoms with Gasteiger partial charge in [-0.1, -0.05) is 26.7 Å². The first-order valence-corrected chi connectivity index (χ1v) is 8.66. The summed E-state index contributed by atoms with van der Waals surface area (Å²) in [5.41, 5.74) is 0. The largest absolute Gasteiger partial charge is 0.312 e. The van der Waals surface area contributed by atoms with Gasteiger partial charge in [0.05, 0.1) is 0 Å². The van der Waals surface area contributed by atoms with Crippen LogP contribution < -0.4 is 5.32 Å². The van der Waals surface area contributed by atoms with E-state index in [1.54, 1.807) is 0 Å². The third-order valence-corrected chi connectivity index (χ3v) is 4.74. The maximum absolute atomic E-state index is 3.80. The molecule has 0 amide bonds. The lowest BCUT2D eigenvalue weighted by Crippen LogP contribution is -2.53. The molecule has 1 fully saturated rings. The standard InChI is InChI=1S/C17H37N3/c1-6-8-15-9-10-16(18-11-7-2)17(14-15)20(5)13-12-19(3)4/h15-18H,6-14H2,1-5H3. The molecule has 0 bridgehead atoms. The zero-order valence-corrected chi connectivity index (χ0v) is 14.5. The molecule has 3 nitrogen and oxygen atoms in total. The minimum absolute atomic E-state index is 0.704. The van der Waals surface area contributed by atoms with Gasteiger partial charge in [-0.05, 0) is 59.3 Å². The Morgan fingerprint density at radius 1 is 1.00 bits per heavy atom. The predicted octanol–water partition coefficient (Wildman–Crippen LogP) is 2.82. The highest BCUT2D eigenvalue weighted by Gasteiger charge is 2.32. The molecule has 0 aromatic heterocycles. The highest BCUT2D eigenvalue weighted by Crippen LogP contribution is 2.30. The minimum Gasteiger partial charge on any atom is -0.312 e. The van der Waals surface area contributed by atoms with Gasteiger partial charge in [-0.3, -0.25) is 0 Å². The van der Waals surface area contributed by atoms with Gasteiger partial charge in [0.1, 0.15) is 0 Å². The van der Waals surface area contributed by atoms with E-state index in [4.69, 9.17) is 0 Å². The quantitative estimate of drug-likeness (QED) is 0.702. The molecule has 1 saturated carbocycles. The third kappa shape index (κ3) is 6.11. The van der Waals surface area contributed by atoms with E-state index in [9.17, 15) is 0 Å². The second-order valence-electron chi connectivity index (χ2n) is 6.88. The fraction of sp³-hybridized carbons (Fsp3) is 1.00. The number of likely N-dealkylation sites (N-methyl/N-ethyl adjacent to an activating group) is 2. The Morgan fingerprint density at radius 2 is 1.75 bits per heavy atom. The molecule has 3 atom stereocenters. The summed E-state index contributed by atoms with van der Waals surface area (Å²) in [4.78, 5) is 4.90. The van der Waals surface area contributed by atoms with Crippen molar-refractivity contribution in [3.63, 3.8) is 0 Å². The van der Waals surface area contributed by atoms with Crippen LogP contribution in [0, 0.1) is 5.92 Å². The second kappa shape index (κ2) is 9.75. The van der Waals surface area contributed by atoms with Gasteiger partial charge in [-0.25, -0.2) is 0 Å². The van der Waals surface area contributed by atoms with Crippen LogP contribution >= 0.6 is 0 Å². The van der Waals surface area contributed by atoms with Crippen molar-refractivity contribution in [3.05, 3.63) is 0 Å². The van der Waals surface area contributed by atoms with Crippen LogP contribution in [0.1, 0.15) is 52.4 Å². The van der Waals surface area contributed by atoms with Crippen molar-refractivity contribution in [3.8, 4) is 0 Å². The Hall–Kier alpha value is -0.120. The Labute approximate surface area is 127 Å². The summed E-state index contributed by atoms with van der Waals surface area (Å²) in [6.07, 6.45) is 8.17. The van der Waals surface area contributed by atoms with Gasteiger partial charge >= 0.3 is 0 Å². The molecule has 0 aromatic carbocycles. The average Bonchev–Trinajstić information content (AvgIpc) is 2.43. The first-order valence-electron chi connectivity index (χ1n) is 8.66. The number of nitrogens with zero attached hydrogens (tertiary/aromatic N) is 2. The van der Waals surface area contributed by atoms with Crippen LogP contribution in [0.5, 0.6) is 0 Å². The molecular weight excluding hydrogens is 246 g/mol.